The third kappa shape index (κ3) is 5.17. The third-order valence-electron chi connectivity index (χ3n) is 4.04. The molecule has 116 valence electrons. The van der Waals surface area contributed by atoms with E-state index < -0.39 is 6.09 Å². The van der Waals surface area contributed by atoms with Gasteiger partial charge in [0.05, 0.1) is 13.7 Å². The molecule has 5 heteroatoms. The molecule has 1 fully saturated rings. The minimum atomic E-state index is -0.932. The van der Waals surface area contributed by atoms with Crippen molar-refractivity contribution in [2.24, 2.45) is 11.8 Å². The molecule has 1 aliphatic carbocycles. The van der Waals surface area contributed by atoms with E-state index in [-0.39, 0.29) is 0 Å². The van der Waals surface area contributed by atoms with Crippen LogP contribution in [0.4, 0.5) is 4.79 Å². The highest BCUT2D eigenvalue weighted by atomic mass is 16.5. The van der Waals surface area contributed by atoms with Crippen LogP contribution in [0, 0.1) is 11.8 Å². The standard InChI is InChI=1S/C16H23NO4/c1-20-14-3-2-4-15(9-14)21-11-13-7-5-12(6-8-13)10-17-16(18)19/h2-4,9,12-13,17H,5-8,10-11H2,1H3,(H,18,19)/t12-,13+. The summed E-state index contributed by atoms with van der Waals surface area (Å²) in [5.41, 5.74) is 0. The Hall–Kier alpha value is -1.91. The Kier molecular flexibility index (Phi) is 5.72. The molecule has 0 bridgehead atoms. The summed E-state index contributed by atoms with van der Waals surface area (Å²) < 4.78 is 11.0. The predicted octanol–water partition coefficient (Wildman–Crippen LogP) is 3.15. The zero-order valence-electron chi connectivity index (χ0n) is 12.4. The second-order valence-corrected chi connectivity index (χ2v) is 5.56. The van der Waals surface area contributed by atoms with Gasteiger partial charge in [-0.3, -0.25) is 0 Å². The Labute approximate surface area is 125 Å². The molecule has 0 atom stereocenters. The third-order valence-corrected chi connectivity index (χ3v) is 4.04. The van der Waals surface area contributed by atoms with Crippen molar-refractivity contribution in [1.29, 1.82) is 0 Å². The summed E-state index contributed by atoms with van der Waals surface area (Å²) in [6.45, 7) is 1.28. The second-order valence-electron chi connectivity index (χ2n) is 5.56. The van der Waals surface area contributed by atoms with E-state index in [0.29, 0.717) is 25.0 Å². The van der Waals surface area contributed by atoms with Crippen LogP contribution in [0.5, 0.6) is 11.5 Å². The summed E-state index contributed by atoms with van der Waals surface area (Å²) in [6.07, 6.45) is 3.38. The number of ether oxygens (including phenoxy) is 2. The number of rotatable bonds is 6. The SMILES string of the molecule is COc1cccc(OC[C@H]2CC[C@@H](CNC(=O)O)CC2)c1. The Morgan fingerprint density at radius 2 is 1.90 bits per heavy atom. The number of carbonyl (C=O) groups is 1. The average molecular weight is 293 g/mol. The Morgan fingerprint density at radius 3 is 2.57 bits per heavy atom. The van der Waals surface area contributed by atoms with Crippen LogP contribution in [-0.2, 0) is 0 Å². The molecule has 21 heavy (non-hydrogen) atoms. The fourth-order valence-electron chi connectivity index (χ4n) is 2.74. The van der Waals surface area contributed by atoms with Crippen molar-refractivity contribution < 1.29 is 19.4 Å². The zero-order chi connectivity index (χ0) is 15.1. The number of amides is 1. The molecule has 0 heterocycles. The van der Waals surface area contributed by atoms with Crippen molar-refractivity contribution in [3.05, 3.63) is 24.3 Å². The van der Waals surface area contributed by atoms with Crippen molar-refractivity contribution in [2.45, 2.75) is 25.7 Å². The van der Waals surface area contributed by atoms with E-state index >= 15 is 0 Å². The molecular formula is C16H23NO4. The van der Waals surface area contributed by atoms with Crippen LogP contribution in [0.2, 0.25) is 0 Å². The molecular weight excluding hydrogens is 270 g/mol. The first-order chi connectivity index (χ1) is 10.2. The van der Waals surface area contributed by atoms with Crippen molar-refractivity contribution in [3.63, 3.8) is 0 Å². The maximum Gasteiger partial charge on any atom is 0.404 e. The highest BCUT2D eigenvalue weighted by Gasteiger charge is 2.22. The van der Waals surface area contributed by atoms with Crippen LogP contribution in [-0.4, -0.2) is 31.5 Å². The summed E-state index contributed by atoms with van der Waals surface area (Å²) in [5, 5.41) is 11.1. The Balaban J connectivity index is 1.70. The van der Waals surface area contributed by atoms with Gasteiger partial charge in [0.2, 0.25) is 0 Å². The molecule has 1 saturated carbocycles. The number of nitrogens with one attached hydrogen (secondary N) is 1. The quantitative estimate of drug-likeness (QED) is 0.845. The van der Waals surface area contributed by atoms with Gasteiger partial charge in [0.15, 0.2) is 0 Å². The molecule has 0 spiro atoms. The molecule has 0 unspecified atom stereocenters. The molecule has 2 rings (SSSR count). The molecule has 5 nitrogen and oxygen atoms in total. The summed E-state index contributed by atoms with van der Waals surface area (Å²) in [7, 11) is 1.64. The monoisotopic (exact) mass is 293 g/mol. The van der Waals surface area contributed by atoms with E-state index in [1.54, 1.807) is 7.11 Å². The number of methoxy groups -OCH3 is 1. The summed E-state index contributed by atoms with van der Waals surface area (Å²) in [5.74, 6) is 2.66. The maximum atomic E-state index is 10.5. The lowest BCUT2D eigenvalue weighted by atomic mass is 9.82. The average Bonchev–Trinajstić information content (AvgIpc) is 2.52. The van der Waals surface area contributed by atoms with Crippen molar-refractivity contribution in [1.82, 2.24) is 5.32 Å². The largest absolute Gasteiger partial charge is 0.497 e. The van der Waals surface area contributed by atoms with Gasteiger partial charge in [0.25, 0.3) is 0 Å². The van der Waals surface area contributed by atoms with E-state index in [2.05, 4.69) is 5.32 Å². The highest BCUT2D eigenvalue weighted by molar-refractivity contribution is 5.64. The van der Waals surface area contributed by atoms with Crippen LogP contribution >= 0.6 is 0 Å². The van der Waals surface area contributed by atoms with Crippen LogP contribution in [0.15, 0.2) is 24.3 Å². The minimum Gasteiger partial charge on any atom is -0.497 e. The molecule has 0 aliphatic heterocycles. The number of hydrogen-bond acceptors (Lipinski definition) is 3. The second kappa shape index (κ2) is 7.76. The van der Waals surface area contributed by atoms with E-state index in [1.807, 2.05) is 24.3 Å². The molecule has 1 aromatic rings. The van der Waals surface area contributed by atoms with Gasteiger partial charge in [-0.15, -0.1) is 0 Å². The number of carboxylic acid groups (broad SMARTS) is 1. The lowest BCUT2D eigenvalue weighted by molar-refractivity contribution is 0.171. The van der Waals surface area contributed by atoms with Crippen LogP contribution in [0.1, 0.15) is 25.7 Å². The lowest BCUT2D eigenvalue weighted by Crippen LogP contribution is -2.31. The van der Waals surface area contributed by atoms with E-state index in [4.69, 9.17) is 14.6 Å². The number of benzene rings is 1. The van der Waals surface area contributed by atoms with Gasteiger partial charge < -0.3 is 19.9 Å². The first-order valence-corrected chi connectivity index (χ1v) is 7.41. The lowest BCUT2D eigenvalue weighted by Gasteiger charge is -2.28. The van der Waals surface area contributed by atoms with E-state index in [9.17, 15) is 4.79 Å². The van der Waals surface area contributed by atoms with Crippen molar-refractivity contribution >= 4 is 6.09 Å². The molecule has 0 aromatic heterocycles. The van der Waals surface area contributed by atoms with Crippen LogP contribution in [0.25, 0.3) is 0 Å². The topological polar surface area (TPSA) is 67.8 Å². The summed E-state index contributed by atoms with van der Waals surface area (Å²) >= 11 is 0. The van der Waals surface area contributed by atoms with Gasteiger partial charge in [0, 0.05) is 12.6 Å². The van der Waals surface area contributed by atoms with Crippen LogP contribution in [0.3, 0.4) is 0 Å². The van der Waals surface area contributed by atoms with Gasteiger partial charge in [-0.05, 0) is 49.7 Å². The maximum absolute atomic E-state index is 10.5. The highest BCUT2D eigenvalue weighted by Crippen LogP contribution is 2.29. The normalized spacial score (nSPS) is 21.6. The Morgan fingerprint density at radius 1 is 1.24 bits per heavy atom. The first kappa shape index (κ1) is 15.5. The molecule has 0 saturated heterocycles. The first-order valence-electron chi connectivity index (χ1n) is 7.41. The fourth-order valence-corrected chi connectivity index (χ4v) is 2.74. The molecule has 1 aliphatic rings. The molecule has 1 amide bonds. The van der Waals surface area contributed by atoms with Gasteiger partial charge in [0.1, 0.15) is 11.5 Å². The molecule has 1 aromatic carbocycles. The van der Waals surface area contributed by atoms with Crippen molar-refractivity contribution in [3.8, 4) is 11.5 Å². The summed E-state index contributed by atoms with van der Waals surface area (Å²) in [4.78, 5) is 10.5. The summed E-state index contributed by atoms with van der Waals surface area (Å²) in [6, 6.07) is 7.64. The van der Waals surface area contributed by atoms with E-state index in [1.165, 1.54) is 0 Å². The zero-order valence-corrected chi connectivity index (χ0v) is 12.4. The molecule has 0 radical (unpaired) electrons. The Bertz CT molecular complexity index is 455. The number of hydrogen-bond donors (Lipinski definition) is 2. The van der Waals surface area contributed by atoms with Gasteiger partial charge in [-0.2, -0.15) is 0 Å². The van der Waals surface area contributed by atoms with E-state index in [0.717, 1.165) is 37.2 Å². The van der Waals surface area contributed by atoms with Gasteiger partial charge in [-0.1, -0.05) is 6.07 Å². The van der Waals surface area contributed by atoms with Gasteiger partial charge >= 0.3 is 6.09 Å². The van der Waals surface area contributed by atoms with Crippen molar-refractivity contribution in [2.75, 3.05) is 20.3 Å². The molecule has 2 N–H and O–H groups in total. The fraction of sp³-hybridized carbons (Fsp3) is 0.562. The minimum absolute atomic E-state index is 0.467. The smallest absolute Gasteiger partial charge is 0.404 e. The van der Waals surface area contributed by atoms with Crippen LogP contribution < -0.4 is 14.8 Å². The van der Waals surface area contributed by atoms with Gasteiger partial charge in [-0.25, -0.2) is 4.79 Å². The predicted molar refractivity (Wildman–Crippen MR) is 80.0 cm³/mol.